The number of carbonyl (C=O) groups excluding carboxylic acids is 3. The second-order valence-corrected chi connectivity index (χ2v) is 8.07. The first-order chi connectivity index (χ1) is 15.1. The van der Waals surface area contributed by atoms with Gasteiger partial charge in [0.15, 0.2) is 0 Å². The van der Waals surface area contributed by atoms with Crippen LogP contribution in [-0.4, -0.2) is 37.0 Å². The maximum Gasteiger partial charge on any atom is 0.246 e. The topological polar surface area (TPSA) is 116 Å². The third-order valence-corrected chi connectivity index (χ3v) is 5.01. The van der Waals surface area contributed by atoms with Crippen LogP contribution in [0.5, 0.6) is 0 Å². The van der Waals surface area contributed by atoms with Gasteiger partial charge in [-0.25, -0.2) is 4.39 Å². The molecule has 170 valence electrons. The maximum atomic E-state index is 13.6. The highest BCUT2D eigenvalue weighted by Gasteiger charge is 2.24. The Labute approximate surface area is 187 Å². The number of nitrogens with one attached hydrogen (secondary N) is 2. The highest BCUT2D eigenvalue weighted by molar-refractivity contribution is 6.15. The Hall–Kier alpha value is -3.55. The second kappa shape index (κ2) is 11.2. The van der Waals surface area contributed by atoms with Gasteiger partial charge >= 0.3 is 0 Å². The molecule has 0 saturated carbocycles. The number of nitrogens with two attached hydrogens (primary N) is 1. The lowest BCUT2D eigenvalue weighted by Gasteiger charge is -2.22. The lowest BCUT2D eigenvalue weighted by Crippen LogP contribution is -2.42. The quantitative estimate of drug-likeness (QED) is 0.493. The van der Waals surface area contributed by atoms with E-state index in [1.807, 2.05) is 13.8 Å². The van der Waals surface area contributed by atoms with Crippen molar-refractivity contribution >= 4 is 29.1 Å². The minimum atomic E-state index is -0.598. The van der Waals surface area contributed by atoms with E-state index in [9.17, 15) is 18.8 Å². The summed E-state index contributed by atoms with van der Waals surface area (Å²) in [5.74, 6) is -2.24. The van der Waals surface area contributed by atoms with Gasteiger partial charge in [0, 0.05) is 30.5 Å². The van der Waals surface area contributed by atoms with Gasteiger partial charge < -0.3 is 16.0 Å². The molecule has 2 rings (SSSR count). The van der Waals surface area contributed by atoms with Crippen molar-refractivity contribution < 1.29 is 18.8 Å². The second-order valence-electron chi connectivity index (χ2n) is 8.07. The van der Waals surface area contributed by atoms with E-state index in [-0.39, 0.29) is 24.6 Å². The number of nitrogens with zero attached hydrogens (tertiary/aromatic N) is 1. The summed E-state index contributed by atoms with van der Waals surface area (Å²) in [6.07, 6.45) is 0.397. The van der Waals surface area contributed by atoms with Crippen molar-refractivity contribution in [2.24, 2.45) is 17.6 Å². The molecule has 0 saturated heterocycles. The van der Waals surface area contributed by atoms with Crippen LogP contribution in [0.2, 0.25) is 0 Å². The Balaban J connectivity index is 2.13. The molecule has 0 bridgehead atoms. The summed E-state index contributed by atoms with van der Waals surface area (Å²) in [7, 11) is 1.54. The molecular formula is C24H29FN4O3. The number of anilines is 1. The van der Waals surface area contributed by atoms with E-state index >= 15 is 0 Å². The molecule has 0 heterocycles. The predicted octanol–water partition coefficient (Wildman–Crippen LogP) is 2.86. The molecule has 7 nitrogen and oxygen atoms in total. The van der Waals surface area contributed by atoms with Crippen LogP contribution in [0.15, 0.2) is 48.5 Å². The molecule has 2 aromatic rings. The smallest absolute Gasteiger partial charge is 0.246 e. The molecule has 0 aliphatic carbocycles. The molecule has 4 N–H and O–H groups in total. The minimum absolute atomic E-state index is 0.0715. The maximum absolute atomic E-state index is 13.6. The fraction of sp³-hybridized carbons (Fsp3) is 0.333. The summed E-state index contributed by atoms with van der Waals surface area (Å²) in [4.78, 5) is 37.9. The van der Waals surface area contributed by atoms with Gasteiger partial charge in [0.1, 0.15) is 5.82 Å². The van der Waals surface area contributed by atoms with E-state index in [1.165, 1.54) is 23.1 Å². The number of carbonyl (C=O) groups is 3. The molecule has 0 radical (unpaired) electrons. The predicted molar refractivity (Wildman–Crippen MR) is 122 cm³/mol. The third-order valence-electron chi connectivity index (χ3n) is 5.01. The van der Waals surface area contributed by atoms with Crippen LogP contribution in [0.4, 0.5) is 10.1 Å². The lowest BCUT2D eigenvalue weighted by atomic mass is 9.93. The van der Waals surface area contributed by atoms with Crippen LogP contribution in [0.1, 0.15) is 37.8 Å². The molecule has 8 heteroatoms. The SMILES string of the molecule is CC(C)CC(CC(N)=O)C(=O)NCC(=O)N(C)c1ccccc1C(=N)c1cccc(F)c1. The molecule has 1 unspecified atom stereocenters. The van der Waals surface area contributed by atoms with Crippen molar-refractivity contribution in [2.75, 3.05) is 18.5 Å². The summed E-state index contributed by atoms with van der Waals surface area (Å²) in [6.45, 7) is 3.60. The van der Waals surface area contributed by atoms with E-state index in [1.54, 1.807) is 37.4 Å². The number of likely N-dealkylation sites (N-methyl/N-ethyl adjacent to an activating group) is 1. The average Bonchev–Trinajstić information content (AvgIpc) is 2.75. The van der Waals surface area contributed by atoms with Crippen molar-refractivity contribution in [1.82, 2.24) is 5.32 Å². The van der Waals surface area contributed by atoms with Gasteiger partial charge in [-0.2, -0.15) is 0 Å². The summed E-state index contributed by atoms with van der Waals surface area (Å²) < 4.78 is 13.6. The Morgan fingerprint density at radius 2 is 1.81 bits per heavy atom. The number of hydrogen-bond donors (Lipinski definition) is 3. The monoisotopic (exact) mass is 440 g/mol. The van der Waals surface area contributed by atoms with E-state index in [4.69, 9.17) is 11.1 Å². The molecule has 32 heavy (non-hydrogen) atoms. The van der Waals surface area contributed by atoms with Gasteiger partial charge in [0.25, 0.3) is 0 Å². The summed E-state index contributed by atoms with van der Waals surface area (Å²) >= 11 is 0. The standard InChI is InChI=1S/C24H29FN4O3/c1-15(2)11-17(13-21(26)30)24(32)28-14-22(31)29(3)20-10-5-4-9-19(20)23(27)16-7-6-8-18(25)12-16/h4-10,12,15,17,27H,11,13-14H2,1-3H3,(H2,26,30)(H,28,32). The first kappa shape index (κ1) is 24.7. The van der Waals surface area contributed by atoms with Crippen LogP contribution < -0.4 is 16.0 Å². The number of primary amides is 1. The molecule has 3 amide bonds. The fourth-order valence-corrected chi connectivity index (χ4v) is 3.43. The van der Waals surface area contributed by atoms with E-state index in [2.05, 4.69) is 5.32 Å². The highest BCUT2D eigenvalue weighted by atomic mass is 19.1. The number of rotatable bonds is 10. The lowest BCUT2D eigenvalue weighted by molar-refractivity contribution is -0.131. The van der Waals surface area contributed by atoms with E-state index < -0.39 is 29.5 Å². The van der Waals surface area contributed by atoms with E-state index in [0.29, 0.717) is 23.2 Å². The molecule has 0 aliphatic rings. The Kier molecular flexibility index (Phi) is 8.63. The van der Waals surface area contributed by atoms with Gasteiger partial charge in [-0.3, -0.25) is 19.8 Å². The normalized spacial score (nSPS) is 11.7. The van der Waals surface area contributed by atoms with Gasteiger partial charge in [-0.05, 0) is 30.5 Å². The van der Waals surface area contributed by atoms with Gasteiger partial charge in [-0.1, -0.05) is 44.2 Å². The van der Waals surface area contributed by atoms with Crippen molar-refractivity contribution in [3.63, 3.8) is 0 Å². The minimum Gasteiger partial charge on any atom is -0.370 e. The van der Waals surface area contributed by atoms with Gasteiger partial charge in [0.2, 0.25) is 17.7 Å². The largest absolute Gasteiger partial charge is 0.370 e. The van der Waals surface area contributed by atoms with Crippen molar-refractivity contribution in [1.29, 1.82) is 5.41 Å². The van der Waals surface area contributed by atoms with Crippen LogP contribution in [-0.2, 0) is 14.4 Å². The zero-order valence-electron chi connectivity index (χ0n) is 18.5. The van der Waals surface area contributed by atoms with Gasteiger partial charge in [-0.15, -0.1) is 0 Å². The summed E-state index contributed by atoms with van der Waals surface area (Å²) in [6, 6.07) is 12.5. The van der Waals surface area contributed by atoms with Crippen molar-refractivity contribution in [2.45, 2.75) is 26.7 Å². The number of benzene rings is 2. The number of hydrogen-bond acceptors (Lipinski definition) is 4. The zero-order valence-corrected chi connectivity index (χ0v) is 18.5. The average molecular weight is 441 g/mol. The molecule has 0 spiro atoms. The van der Waals surface area contributed by atoms with Crippen molar-refractivity contribution in [3.8, 4) is 0 Å². The third kappa shape index (κ3) is 6.73. The first-order valence-corrected chi connectivity index (χ1v) is 10.4. The highest BCUT2D eigenvalue weighted by Crippen LogP contribution is 2.23. The number of amides is 3. The van der Waals surface area contributed by atoms with E-state index in [0.717, 1.165) is 0 Å². The number of halogens is 1. The summed E-state index contributed by atoms with van der Waals surface area (Å²) in [5, 5.41) is 11.1. The van der Waals surface area contributed by atoms with Crippen LogP contribution in [0, 0.1) is 23.1 Å². The fourth-order valence-electron chi connectivity index (χ4n) is 3.43. The molecular weight excluding hydrogens is 411 g/mol. The molecule has 0 fully saturated rings. The summed E-state index contributed by atoms with van der Waals surface area (Å²) in [5.41, 5.74) is 6.61. The molecule has 0 aliphatic heterocycles. The van der Waals surface area contributed by atoms with Crippen LogP contribution in [0.25, 0.3) is 0 Å². The Morgan fingerprint density at radius 3 is 2.44 bits per heavy atom. The Morgan fingerprint density at radius 1 is 1.12 bits per heavy atom. The Bertz CT molecular complexity index is 1010. The zero-order chi connectivity index (χ0) is 23.8. The van der Waals surface area contributed by atoms with Crippen LogP contribution >= 0.6 is 0 Å². The first-order valence-electron chi connectivity index (χ1n) is 10.4. The van der Waals surface area contributed by atoms with Crippen molar-refractivity contribution in [3.05, 3.63) is 65.5 Å². The van der Waals surface area contributed by atoms with Gasteiger partial charge in [0.05, 0.1) is 17.9 Å². The number of para-hydroxylation sites is 1. The molecule has 0 aromatic heterocycles. The molecule has 2 aromatic carbocycles. The van der Waals surface area contributed by atoms with Crippen LogP contribution in [0.3, 0.4) is 0 Å². The molecule has 1 atom stereocenters.